The van der Waals surface area contributed by atoms with Crippen molar-refractivity contribution in [2.75, 3.05) is 6.26 Å². The summed E-state index contributed by atoms with van der Waals surface area (Å²) < 4.78 is 0.657. The Morgan fingerprint density at radius 2 is 2.25 bits per heavy atom. The molecule has 0 fully saturated rings. The van der Waals surface area contributed by atoms with Gasteiger partial charge in [-0.05, 0) is 34.3 Å². The third kappa shape index (κ3) is 1.81. The lowest BCUT2D eigenvalue weighted by Crippen LogP contribution is -1.97. The first-order chi connectivity index (χ1) is 5.66. The molecule has 1 rings (SSSR count). The number of carbonyl (C=O) groups is 1. The Morgan fingerprint density at radius 3 is 2.75 bits per heavy atom. The topological polar surface area (TPSA) is 37.3 Å². The maximum Gasteiger partial charge on any atom is 0.336 e. The first-order valence-electron chi connectivity index (χ1n) is 3.22. The number of rotatable bonds is 2. The van der Waals surface area contributed by atoms with E-state index in [0.717, 1.165) is 4.90 Å². The molecule has 12 heavy (non-hydrogen) atoms. The van der Waals surface area contributed by atoms with Crippen LogP contribution in [-0.2, 0) is 0 Å². The minimum absolute atomic E-state index is 0.307. The molecule has 0 aliphatic rings. The van der Waals surface area contributed by atoms with Crippen LogP contribution in [0.5, 0.6) is 0 Å². The van der Waals surface area contributed by atoms with Crippen molar-refractivity contribution in [2.45, 2.75) is 4.90 Å². The Labute approximate surface area is 83.1 Å². The predicted octanol–water partition coefficient (Wildman–Crippen LogP) is 2.87. The van der Waals surface area contributed by atoms with E-state index in [-0.39, 0.29) is 0 Å². The number of hydrogen-bond donors (Lipinski definition) is 1. The van der Waals surface area contributed by atoms with E-state index in [4.69, 9.17) is 5.11 Å². The zero-order chi connectivity index (χ0) is 9.14. The van der Waals surface area contributed by atoms with Crippen molar-refractivity contribution < 1.29 is 9.90 Å². The van der Waals surface area contributed by atoms with E-state index in [1.807, 2.05) is 12.3 Å². The van der Waals surface area contributed by atoms with Gasteiger partial charge in [0.25, 0.3) is 0 Å². The summed E-state index contributed by atoms with van der Waals surface area (Å²) >= 11 is 4.76. The van der Waals surface area contributed by atoms with Gasteiger partial charge in [-0.3, -0.25) is 0 Å². The Kier molecular flexibility index (Phi) is 3.17. The van der Waals surface area contributed by atoms with Crippen molar-refractivity contribution in [3.05, 3.63) is 28.2 Å². The van der Waals surface area contributed by atoms with Gasteiger partial charge < -0.3 is 5.11 Å². The first-order valence-corrected chi connectivity index (χ1v) is 5.24. The third-order valence-electron chi connectivity index (χ3n) is 1.41. The lowest BCUT2D eigenvalue weighted by atomic mass is 10.2. The average molecular weight is 247 g/mol. The summed E-state index contributed by atoms with van der Waals surface area (Å²) in [5.41, 5.74) is 0.307. The highest BCUT2D eigenvalue weighted by atomic mass is 79.9. The molecule has 0 aromatic heterocycles. The number of thioether (sulfide) groups is 1. The minimum Gasteiger partial charge on any atom is -0.478 e. The summed E-state index contributed by atoms with van der Waals surface area (Å²) in [7, 11) is 0. The van der Waals surface area contributed by atoms with Crippen LogP contribution in [0.25, 0.3) is 0 Å². The standard InChI is InChI=1S/C8H7BrO2S/c1-12-6-4-2-3-5(7(6)9)8(10)11/h2-4H,1H3,(H,10,11). The van der Waals surface area contributed by atoms with Crippen LogP contribution in [0.2, 0.25) is 0 Å². The molecule has 0 radical (unpaired) electrons. The number of halogens is 1. The van der Waals surface area contributed by atoms with Crippen LogP contribution in [0.15, 0.2) is 27.6 Å². The minimum atomic E-state index is -0.905. The highest BCUT2D eigenvalue weighted by Crippen LogP contribution is 2.28. The molecule has 0 amide bonds. The van der Waals surface area contributed by atoms with E-state index in [0.29, 0.717) is 10.0 Å². The normalized spacial score (nSPS) is 9.83. The van der Waals surface area contributed by atoms with Crippen molar-refractivity contribution in [1.29, 1.82) is 0 Å². The summed E-state index contributed by atoms with van der Waals surface area (Å²) in [6.07, 6.45) is 1.91. The van der Waals surface area contributed by atoms with Crippen LogP contribution in [0.1, 0.15) is 10.4 Å². The lowest BCUT2D eigenvalue weighted by Gasteiger charge is -2.02. The van der Waals surface area contributed by atoms with Crippen LogP contribution < -0.4 is 0 Å². The van der Waals surface area contributed by atoms with E-state index in [1.54, 1.807) is 12.1 Å². The molecule has 4 heteroatoms. The molecule has 64 valence electrons. The van der Waals surface area contributed by atoms with Crippen LogP contribution >= 0.6 is 27.7 Å². The second-order valence-corrected chi connectivity index (χ2v) is 3.77. The van der Waals surface area contributed by atoms with E-state index in [9.17, 15) is 4.79 Å². The molecule has 0 unspecified atom stereocenters. The molecular formula is C8H7BrO2S. The number of aromatic carboxylic acids is 1. The average Bonchev–Trinajstić information content (AvgIpc) is 2.04. The molecule has 0 spiro atoms. The molecule has 0 saturated heterocycles. The van der Waals surface area contributed by atoms with Gasteiger partial charge in [-0.1, -0.05) is 6.07 Å². The van der Waals surface area contributed by atoms with Crippen molar-refractivity contribution in [3.63, 3.8) is 0 Å². The molecule has 0 atom stereocenters. The van der Waals surface area contributed by atoms with Gasteiger partial charge in [0, 0.05) is 9.37 Å². The lowest BCUT2D eigenvalue weighted by molar-refractivity contribution is 0.0695. The van der Waals surface area contributed by atoms with E-state index in [2.05, 4.69) is 15.9 Å². The highest BCUT2D eigenvalue weighted by Gasteiger charge is 2.09. The summed E-state index contributed by atoms with van der Waals surface area (Å²) in [6.45, 7) is 0. The summed E-state index contributed by atoms with van der Waals surface area (Å²) in [6, 6.07) is 5.19. The number of benzene rings is 1. The van der Waals surface area contributed by atoms with Gasteiger partial charge in [-0.15, -0.1) is 11.8 Å². The second-order valence-electron chi connectivity index (χ2n) is 2.13. The molecule has 0 bridgehead atoms. The molecular weight excluding hydrogens is 240 g/mol. The molecule has 0 heterocycles. The quantitative estimate of drug-likeness (QED) is 0.816. The van der Waals surface area contributed by atoms with Crippen molar-refractivity contribution in [2.24, 2.45) is 0 Å². The van der Waals surface area contributed by atoms with Crippen LogP contribution in [0.3, 0.4) is 0 Å². The molecule has 1 N–H and O–H groups in total. The van der Waals surface area contributed by atoms with Crippen LogP contribution in [0, 0.1) is 0 Å². The molecule has 1 aromatic carbocycles. The van der Waals surface area contributed by atoms with Crippen LogP contribution in [0.4, 0.5) is 0 Å². The number of carboxylic acid groups (broad SMARTS) is 1. The first kappa shape index (κ1) is 9.61. The summed E-state index contributed by atoms with van der Waals surface area (Å²) in [4.78, 5) is 11.6. The van der Waals surface area contributed by atoms with Gasteiger partial charge >= 0.3 is 5.97 Å². The van der Waals surface area contributed by atoms with Gasteiger partial charge in [0.1, 0.15) is 0 Å². The Hall–Kier alpha value is -0.480. The fraction of sp³-hybridized carbons (Fsp3) is 0.125. The Balaban J connectivity index is 3.23. The molecule has 0 aliphatic carbocycles. The molecule has 1 aromatic rings. The van der Waals surface area contributed by atoms with E-state index in [1.165, 1.54) is 11.8 Å². The Morgan fingerprint density at radius 1 is 1.58 bits per heavy atom. The maximum absolute atomic E-state index is 10.7. The monoisotopic (exact) mass is 246 g/mol. The number of carboxylic acids is 1. The maximum atomic E-state index is 10.7. The zero-order valence-electron chi connectivity index (χ0n) is 6.37. The smallest absolute Gasteiger partial charge is 0.336 e. The zero-order valence-corrected chi connectivity index (χ0v) is 8.78. The largest absolute Gasteiger partial charge is 0.478 e. The molecule has 0 saturated carbocycles. The predicted molar refractivity (Wildman–Crippen MR) is 52.9 cm³/mol. The van der Waals surface area contributed by atoms with Gasteiger partial charge in [0.2, 0.25) is 0 Å². The molecule has 0 aliphatic heterocycles. The van der Waals surface area contributed by atoms with Crippen LogP contribution in [-0.4, -0.2) is 17.3 Å². The van der Waals surface area contributed by atoms with E-state index >= 15 is 0 Å². The molecule has 2 nitrogen and oxygen atoms in total. The third-order valence-corrected chi connectivity index (χ3v) is 3.31. The summed E-state index contributed by atoms with van der Waals surface area (Å²) in [5.74, 6) is -0.905. The second kappa shape index (κ2) is 3.96. The fourth-order valence-electron chi connectivity index (χ4n) is 0.834. The summed E-state index contributed by atoms with van der Waals surface area (Å²) in [5, 5.41) is 8.75. The number of hydrogen-bond acceptors (Lipinski definition) is 2. The van der Waals surface area contributed by atoms with Crippen molar-refractivity contribution >= 4 is 33.7 Å². The Bertz CT molecular complexity index is 312. The van der Waals surface area contributed by atoms with Crippen molar-refractivity contribution in [3.8, 4) is 0 Å². The SMILES string of the molecule is CSc1cccc(C(=O)O)c1Br. The van der Waals surface area contributed by atoms with Gasteiger partial charge in [-0.2, -0.15) is 0 Å². The fourth-order valence-corrected chi connectivity index (χ4v) is 2.26. The van der Waals surface area contributed by atoms with Gasteiger partial charge in [-0.25, -0.2) is 4.79 Å². The van der Waals surface area contributed by atoms with Gasteiger partial charge in [0.15, 0.2) is 0 Å². The van der Waals surface area contributed by atoms with Gasteiger partial charge in [0.05, 0.1) is 5.56 Å². The van der Waals surface area contributed by atoms with E-state index < -0.39 is 5.97 Å². The highest BCUT2D eigenvalue weighted by molar-refractivity contribution is 9.10. The van der Waals surface area contributed by atoms with Crippen molar-refractivity contribution in [1.82, 2.24) is 0 Å².